The molecule has 0 spiro atoms. The summed E-state index contributed by atoms with van der Waals surface area (Å²) < 4.78 is 0. The number of aliphatic hydroxyl groups is 1. The van der Waals surface area contributed by atoms with Gasteiger partial charge in [0, 0.05) is 0 Å². The number of aliphatic hydroxyl groups excluding tert-OH is 1. The highest BCUT2D eigenvalue weighted by molar-refractivity contribution is 6.33. The van der Waals surface area contributed by atoms with Crippen LogP contribution in [0.2, 0.25) is 5.02 Å². The van der Waals surface area contributed by atoms with Crippen molar-refractivity contribution in [3.63, 3.8) is 0 Å². The fourth-order valence-corrected chi connectivity index (χ4v) is 1.15. The summed E-state index contributed by atoms with van der Waals surface area (Å²) in [6.45, 7) is 1.60. The number of rotatable bonds is 2. The zero-order valence-corrected chi connectivity index (χ0v) is 8.17. The second-order valence-corrected chi connectivity index (χ2v) is 3.72. The van der Waals surface area contributed by atoms with E-state index >= 15 is 0 Å². The Morgan fingerprint density at radius 3 is 2.62 bits per heavy atom. The highest BCUT2D eigenvalue weighted by atomic mass is 35.5. The molecule has 0 heterocycles. The molecule has 3 nitrogen and oxygen atoms in total. The van der Waals surface area contributed by atoms with Crippen LogP contribution in [0.4, 0.5) is 5.69 Å². The predicted molar refractivity (Wildman–Crippen MR) is 54.5 cm³/mol. The van der Waals surface area contributed by atoms with Gasteiger partial charge in [-0.2, -0.15) is 0 Å². The van der Waals surface area contributed by atoms with E-state index in [0.717, 1.165) is 5.56 Å². The smallest absolute Gasteiger partial charge is 0.0650 e. The maximum atomic E-state index is 9.01. The molecule has 0 saturated heterocycles. The van der Waals surface area contributed by atoms with Crippen molar-refractivity contribution in [2.24, 2.45) is 5.73 Å². The molecule has 0 aliphatic heterocycles. The van der Waals surface area contributed by atoms with Crippen LogP contribution in [0, 0.1) is 0 Å². The van der Waals surface area contributed by atoms with Gasteiger partial charge in [-0.25, -0.2) is 0 Å². The molecule has 0 aromatic heterocycles. The van der Waals surface area contributed by atoms with E-state index in [1.165, 1.54) is 0 Å². The van der Waals surface area contributed by atoms with Gasteiger partial charge in [0.2, 0.25) is 0 Å². The zero-order chi connectivity index (χ0) is 10.1. The molecule has 0 bridgehead atoms. The van der Waals surface area contributed by atoms with E-state index in [2.05, 4.69) is 0 Å². The third-order valence-electron chi connectivity index (χ3n) is 1.99. The maximum Gasteiger partial charge on any atom is 0.0650 e. The Kier molecular flexibility index (Phi) is 2.81. The van der Waals surface area contributed by atoms with E-state index in [1.54, 1.807) is 25.1 Å². The first kappa shape index (κ1) is 10.3. The van der Waals surface area contributed by atoms with Crippen LogP contribution in [0.3, 0.4) is 0 Å². The summed E-state index contributed by atoms with van der Waals surface area (Å²) in [5, 5.41) is 9.47. The van der Waals surface area contributed by atoms with E-state index in [-0.39, 0.29) is 6.61 Å². The number of nitrogen functional groups attached to an aromatic ring is 1. The molecule has 0 aliphatic rings. The second-order valence-electron chi connectivity index (χ2n) is 3.31. The molecule has 0 radical (unpaired) electrons. The van der Waals surface area contributed by atoms with Gasteiger partial charge >= 0.3 is 0 Å². The number of hydrogen-bond donors (Lipinski definition) is 3. The molecule has 13 heavy (non-hydrogen) atoms. The summed E-state index contributed by atoms with van der Waals surface area (Å²) in [5.74, 6) is 0. The van der Waals surface area contributed by atoms with Crippen LogP contribution in [0.5, 0.6) is 0 Å². The Hall–Kier alpha value is -0.770. The van der Waals surface area contributed by atoms with E-state index < -0.39 is 5.54 Å². The highest BCUT2D eigenvalue weighted by Crippen LogP contribution is 2.25. The fraction of sp³-hybridized carbons (Fsp3) is 0.333. The largest absolute Gasteiger partial charge is 0.398 e. The number of hydrogen-bond acceptors (Lipinski definition) is 3. The first-order chi connectivity index (χ1) is 5.97. The monoisotopic (exact) mass is 200 g/mol. The minimum absolute atomic E-state index is 0.132. The third kappa shape index (κ3) is 2.12. The van der Waals surface area contributed by atoms with Crippen LogP contribution in [-0.4, -0.2) is 11.7 Å². The molecule has 0 aliphatic carbocycles. The molecule has 1 atom stereocenters. The standard InChI is InChI=1S/C9H13ClN2O/c1-9(12,5-13)6-2-3-8(11)7(10)4-6/h2-4,13H,5,11-12H2,1H3/t9-/m0/s1. The lowest BCUT2D eigenvalue weighted by Gasteiger charge is -2.22. The summed E-state index contributed by atoms with van der Waals surface area (Å²) in [5.41, 5.74) is 11.9. The highest BCUT2D eigenvalue weighted by Gasteiger charge is 2.20. The summed E-state index contributed by atoms with van der Waals surface area (Å²) in [6, 6.07) is 5.11. The Labute approximate surface area is 82.3 Å². The molecule has 1 aromatic rings. The van der Waals surface area contributed by atoms with Gasteiger partial charge in [-0.05, 0) is 24.6 Å². The molecule has 72 valence electrons. The fourth-order valence-electron chi connectivity index (χ4n) is 0.974. The Balaban J connectivity index is 3.10. The van der Waals surface area contributed by atoms with Gasteiger partial charge in [0.25, 0.3) is 0 Å². The van der Waals surface area contributed by atoms with Gasteiger partial charge in [-0.3, -0.25) is 0 Å². The van der Waals surface area contributed by atoms with Crippen molar-refractivity contribution in [2.45, 2.75) is 12.5 Å². The van der Waals surface area contributed by atoms with E-state index in [0.29, 0.717) is 10.7 Å². The lowest BCUT2D eigenvalue weighted by Crippen LogP contribution is -2.36. The number of anilines is 1. The van der Waals surface area contributed by atoms with Crippen molar-refractivity contribution in [2.75, 3.05) is 12.3 Å². The van der Waals surface area contributed by atoms with Crippen LogP contribution in [0.1, 0.15) is 12.5 Å². The van der Waals surface area contributed by atoms with Gasteiger partial charge in [0.1, 0.15) is 0 Å². The normalized spacial score (nSPS) is 15.4. The number of nitrogens with two attached hydrogens (primary N) is 2. The minimum atomic E-state index is -0.767. The lowest BCUT2D eigenvalue weighted by atomic mass is 9.94. The van der Waals surface area contributed by atoms with Crippen molar-refractivity contribution in [1.82, 2.24) is 0 Å². The van der Waals surface area contributed by atoms with Gasteiger partial charge in [-0.1, -0.05) is 17.7 Å². The number of halogens is 1. The van der Waals surface area contributed by atoms with Crippen molar-refractivity contribution in [3.8, 4) is 0 Å². The number of benzene rings is 1. The summed E-state index contributed by atoms with van der Waals surface area (Å²) in [4.78, 5) is 0. The Bertz CT molecular complexity index is 312. The minimum Gasteiger partial charge on any atom is -0.398 e. The average Bonchev–Trinajstić information content (AvgIpc) is 2.09. The SMILES string of the molecule is C[C@](N)(CO)c1ccc(N)c(Cl)c1. The molecule has 5 N–H and O–H groups in total. The maximum absolute atomic E-state index is 9.01. The van der Waals surface area contributed by atoms with Crippen molar-refractivity contribution < 1.29 is 5.11 Å². The zero-order valence-electron chi connectivity index (χ0n) is 7.42. The first-order valence-electron chi connectivity index (χ1n) is 3.92. The molecular formula is C9H13ClN2O. The van der Waals surface area contributed by atoms with E-state index in [4.69, 9.17) is 28.2 Å². The van der Waals surface area contributed by atoms with E-state index in [1.807, 2.05) is 0 Å². The van der Waals surface area contributed by atoms with Crippen molar-refractivity contribution in [1.29, 1.82) is 0 Å². The molecule has 0 saturated carbocycles. The van der Waals surface area contributed by atoms with Gasteiger partial charge in [0.05, 0.1) is 22.9 Å². The molecule has 0 fully saturated rings. The van der Waals surface area contributed by atoms with Gasteiger partial charge in [0.15, 0.2) is 0 Å². The van der Waals surface area contributed by atoms with Crippen LogP contribution < -0.4 is 11.5 Å². The molecule has 4 heteroatoms. The molecule has 1 aromatic carbocycles. The summed E-state index contributed by atoms with van der Waals surface area (Å²) in [6.07, 6.45) is 0. The van der Waals surface area contributed by atoms with Crippen LogP contribution in [0.15, 0.2) is 18.2 Å². The van der Waals surface area contributed by atoms with Crippen molar-refractivity contribution >= 4 is 17.3 Å². The lowest BCUT2D eigenvalue weighted by molar-refractivity contribution is 0.210. The quantitative estimate of drug-likeness (QED) is 0.626. The predicted octanol–water partition coefficient (Wildman–Crippen LogP) is 1.09. The van der Waals surface area contributed by atoms with Crippen LogP contribution in [0.25, 0.3) is 0 Å². The molecule has 1 rings (SSSR count). The Morgan fingerprint density at radius 1 is 1.54 bits per heavy atom. The third-order valence-corrected chi connectivity index (χ3v) is 2.32. The van der Waals surface area contributed by atoms with Crippen molar-refractivity contribution in [3.05, 3.63) is 28.8 Å². The van der Waals surface area contributed by atoms with E-state index in [9.17, 15) is 0 Å². The topological polar surface area (TPSA) is 72.3 Å². The van der Waals surface area contributed by atoms with Gasteiger partial charge in [-0.15, -0.1) is 0 Å². The molecule has 0 amide bonds. The van der Waals surface area contributed by atoms with Gasteiger partial charge < -0.3 is 16.6 Å². The second kappa shape index (κ2) is 3.54. The first-order valence-corrected chi connectivity index (χ1v) is 4.30. The van der Waals surface area contributed by atoms with Crippen LogP contribution in [-0.2, 0) is 5.54 Å². The Morgan fingerprint density at radius 2 is 2.15 bits per heavy atom. The molecule has 0 unspecified atom stereocenters. The molecular weight excluding hydrogens is 188 g/mol. The summed E-state index contributed by atoms with van der Waals surface area (Å²) >= 11 is 5.81. The average molecular weight is 201 g/mol. The van der Waals surface area contributed by atoms with Crippen LogP contribution >= 0.6 is 11.6 Å². The summed E-state index contributed by atoms with van der Waals surface area (Å²) in [7, 11) is 0.